The molecule has 0 bridgehead atoms. The van der Waals surface area contributed by atoms with E-state index >= 15 is 0 Å². The molecule has 0 unspecified atom stereocenters. The van der Waals surface area contributed by atoms with Crippen molar-refractivity contribution in [1.82, 2.24) is 19.7 Å². The van der Waals surface area contributed by atoms with E-state index in [-0.39, 0.29) is 16.9 Å². The quantitative estimate of drug-likeness (QED) is 0.938. The van der Waals surface area contributed by atoms with Gasteiger partial charge in [0, 0.05) is 7.05 Å². The SMILES string of the molecule is Cc1c(Nc2ncc(Cl)c(OCC(F)(F)F)n2)cnn1C. The van der Waals surface area contributed by atoms with Crippen LogP contribution in [-0.2, 0) is 7.05 Å². The van der Waals surface area contributed by atoms with Crippen LogP contribution in [0, 0.1) is 6.92 Å². The highest BCUT2D eigenvalue weighted by Crippen LogP contribution is 2.26. The van der Waals surface area contributed by atoms with E-state index in [9.17, 15) is 13.2 Å². The molecule has 1 N–H and O–H groups in total. The Hall–Kier alpha value is -2.03. The van der Waals surface area contributed by atoms with Gasteiger partial charge in [-0.25, -0.2) is 4.98 Å². The second kappa shape index (κ2) is 5.76. The molecule has 21 heavy (non-hydrogen) atoms. The number of nitrogens with zero attached hydrogens (tertiary/aromatic N) is 4. The van der Waals surface area contributed by atoms with E-state index in [0.29, 0.717) is 5.69 Å². The van der Waals surface area contributed by atoms with Crippen LogP contribution < -0.4 is 10.1 Å². The molecule has 2 aromatic heterocycles. The fourth-order valence-corrected chi connectivity index (χ4v) is 1.55. The molecule has 6 nitrogen and oxygen atoms in total. The van der Waals surface area contributed by atoms with Gasteiger partial charge in [-0.05, 0) is 6.92 Å². The van der Waals surface area contributed by atoms with Gasteiger partial charge in [-0.2, -0.15) is 23.3 Å². The van der Waals surface area contributed by atoms with Crippen molar-refractivity contribution in [2.45, 2.75) is 13.1 Å². The zero-order chi connectivity index (χ0) is 15.6. The van der Waals surface area contributed by atoms with Crippen molar-refractivity contribution < 1.29 is 17.9 Å². The molecule has 0 saturated heterocycles. The lowest BCUT2D eigenvalue weighted by Gasteiger charge is -2.10. The minimum absolute atomic E-state index is 0.0627. The fraction of sp³-hybridized carbons (Fsp3) is 0.364. The lowest BCUT2D eigenvalue weighted by molar-refractivity contribution is -0.154. The maximum Gasteiger partial charge on any atom is 0.422 e. The predicted octanol–water partition coefficient (Wildman–Crippen LogP) is 2.86. The molecule has 2 heterocycles. The summed E-state index contributed by atoms with van der Waals surface area (Å²) < 4.78 is 42.6. The molecule has 0 spiro atoms. The molecule has 0 atom stereocenters. The summed E-state index contributed by atoms with van der Waals surface area (Å²) in [7, 11) is 1.75. The van der Waals surface area contributed by atoms with Gasteiger partial charge in [0.1, 0.15) is 5.02 Å². The molecule has 0 aliphatic heterocycles. The maximum absolute atomic E-state index is 12.1. The first kappa shape index (κ1) is 15.4. The Morgan fingerprint density at radius 2 is 2.10 bits per heavy atom. The van der Waals surface area contributed by atoms with E-state index in [4.69, 9.17) is 11.6 Å². The number of aromatic nitrogens is 4. The Morgan fingerprint density at radius 3 is 2.67 bits per heavy atom. The summed E-state index contributed by atoms with van der Waals surface area (Å²) in [5.74, 6) is -0.277. The standard InChI is InChI=1S/C11H11ClF3N5O/c1-6-8(4-17-20(6)2)18-10-16-3-7(12)9(19-10)21-5-11(13,14)15/h3-4H,5H2,1-2H3,(H,16,18,19). The van der Waals surface area contributed by atoms with Crippen LogP contribution in [0.3, 0.4) is 0 Å². The zero-order valence-corrected chi connectivity index (χ0v) is 11.8. The summed E-state index contributed by atoms with van der Waals surface area (Å²) in [5, 5.41) is 6.74. The Labute approximate surface area is 122 Å². The molecule has 0 aliphatic carbocycles. The van der Waals surface area contributed by atoms with Gasteiger partial charge in [0.25, 0.3) is 0 Å². The minimum atomic E-state index is -4.47. The molecular weight excluding hydrogens is 311 g/mol. The number of anilines is 2. The first-order chi connectivity index (χ1) is 9.76. The number of aryl methyl sites for hydroxylation is 1. The summed E-state index contributed by atoms with van der Waals surface area (Å²) in [5.41, 5.74) is 1.44. The van der Waals surface area contributed by atoms with E-state index in [1.54, 1.807) is 17.9 Å². The highest BCUT2D eigenvalue weighted by molar-refractivity contribution is 6.31. The number of hydrogen-bond donors (Lipinski definition) is 1. The molecule has 0 radical (unpaired) electrons. The van der Waals surface area contributed by atoms with Crippen molar-refractivity contribution in [2.24, 2.45) is 7.05 Å². The van der Waals surface area contributed by atoms with E-state index in [0.717, 1.165) is 11.9 Å². The normalized spacial score (nSPS) is 11.5. The lowest BCUT2D eigenvalue weighted by atomic mass is 10.4. The summed E-state index contributed by atoms with van der Waals surface area (Å²) in [6.07, 6.45) is -1.76. The van der Waals surface area contributed by atoms with Gasteiger partial charge in [0.05, 0.1) is 23.8 Å². The third kappa shape index (κ3) is 3.97. The van der Waals surface area contributed by atoms with Crippen LogP contribution in [-0.4, -0.2) is 32.5 Å². The van der Waals surface area contributed by atoms with Crippen LogP contribution in [0.4, 0.5) is 24.8 Å². The van der Waals surface area contributed by atoms with Crippen LogP contribution in [0.2, 0.25) is 5.02 Å². The Bertz CT molecular complexity index is 643. The van der Waals surface area contributed by atoms with Gasteiger partial charge in [-0.15, -0.1) is 0 Å². The Kier molecular flexibility index (Phi) is 4.21. The molecule has 0 aromatic carbocycles. The number of halogens is 4. The smallest absolute Gasteiger partial charge is 0.422 e. The number of alkyl halides is 3. The van der Waals surface area contributed by atoms with Crippen molar-refractivity contribution >= 4 is 23.2 Å². The largest absolute Gasteiger partial charge is 0.467 e. The minimum Gasteiger partial charge on any atom is -0.467 e. The molecular formula is C11H11ClF3N5O. The average Bonchev–Trinajstić information content (AvgIpc) is 2.70. The van der Waals surface area contributed by atoms with Gasteiger partial charge in [-0.3, -0.25) is 4.68 Å². The van der Waals surface area contributed by atoms with Gasteiger partial charge in [0.2, 0.25) is 11.8 Å². The summed E-state index contributed by atoms with van der Waals surface area (Å²) >= 11 is 5.70. The van der Waals surface area contributed by atoms with Crippen molar-refractivity contribution in [3.8, 4) is 5.88 Å². The highest BCUT2D eigenvalue weighted by Gasteiger charge is 2.29. The zero-order valence-electron chi connectivity index (χ0n) is 11.1. The predicted molar refractivity (Wildman–Crippen MR) is 69.8 cm³/mol. The molecule has 2 aromatic rings. The fourth-order valence-electron chi connectivity index (χ4n) is 1.40. The van der Waals surface area contributed by atoms with Gasteiger partial charge < -0.3 is 10.1 Å². The van der Waals surface area contributed by atoms with Crippen LogP contribution in [0.15, 0.2) is 12.4 Å². The number of nitrogens with one attached hydrogen (secondary N) is 1. The highest BCUT2D eigenvalue weighted by atomic mass is 35.5. The summed E-state index contributed by atoms with van der Waals surface area (Å²) in [4.78, 5) is 7.68. The van der Waals surface area contributed by atoms with Crippen molar-refractivity contribution in [3.05, 3.63) is 23.1 Å². The van der Waals surface area contributed by atoms with Crippen molar-refractivity contribution in [3.63, 3.8) is 0 Å². The second-order valence-electron chi connectivity index (χ2n) is 4.14. The van der Waals surface area contributed by atoms with Crippen LogP contribution in [0.1, 0.15) is 5.69 Å². The maximum atomic E-state index is 12.1. The average molecular weight is 322 g/mol. The first-order valence-electron chi connectivity index (χ1n) is 5.74. The topological polar surface area (TPSA) is 64.9 Å². The molecule has 0 aliphatic rings. The molecule has 0 amide bonds. The van der Waals surface area contributed by atoms with Gasteiger partial charge >= 0.3 is 6.18 Å². The molecule has 0 fully saturated rings. The summed E-state index contributed by atoms with van der Waals surface area (Å²) in [6, 6.07) is 0. The number of ether oxygens (including phenoxy) is 1. The molecule has 0 saturated carbocycles. The van der Waals surface area contributed by atoms with Crippen LogP contribution >= 0.6 is 11.6 Å². The van der Waals surface area contributed by atoms with Crippen LogP contribution in [0.5, 0.6) is 5.88 Å². The first-order valence-corrected chi connectivity index (χ1v) is 6.12. The molecule has 2 rings (SSSR count). The third-order valence-corrected chi connectivity index (χ3v) is 2.83. The monoisotopic (exact) mass is 321 g/mol. The Balaban J connectivity index is 2.16. The Morgan fingerprint density at radius 1 is 1.38 bits per heavy atom. The van der Waals surface area contributed by atoms with E-state index in [1.165, 1.54) is 0 Å². The molecule has 10 heteroatoms. The van der Waals surface area contributed by atoms with E-state index in [1.807, 2.05) is 6.92 Å². The van der Waals surface area contributed by atoms with Crippen LogP contribution in [0.25, 0.3) is 0 Å². The van der Waals surface area contributed by atoms with E-state index < -0.39 is 12.8 Å². The lowest BCUT2D eigenvalue weighted by Crippen LogP contribution is -2.20. The van der Waals surface area contributed by atoms with Gasteiger partial charge in [-0.1, -0.05) is 11.6 Å². The third-order valence-electron chi connectivity index (χ3n) is 2.57. The second-order valence-corrected chi connectivity index (χ2v) is 4.55. The summed E-state index contributed by atoms with van der Waals surface area (Å²) in [6.45, 7) is 0.335. The van der Waals surface area contributed by atoms with Crippen molar-refractivity contribution in [2.75, 3.05) is 11.9 Å². The van der Waals surface area contributed by atoms with Crippen molar-refractivity contribution in [1.29, 1.82) is 0 Å². The molecule has 114 valence electrons. The van der Waals surface area contributed by atoms with Gasteiger partial charge in [0.15, 0.2) is 6.61 Å². The number of hydrogen-bond acceptors (Lipinski definition) is 5. The van der Waals surface area contributed by atoms with E-state index in [2.05, 4.69) is 25.1 Å². The number of rotatable bonds is 4.